The van der Waals surface area contributed by atoms with Crippen molar-refractivity contribution < 1.29 is 14.0 Å². The van der Waals surface area contributed by atoms with Gasteiger partial charge in [0.1, 0.15) is 11.6 Å². The monoisotopic (exact) mass is 315 g/mol. The van der Waals surface area contributed by atoms with E-state index in [9.17, 15) is 9.59 Å². The van der Waals surface area contributed by atoms with E-state index < -0.39 is 6.04 Å². The van der Waals surface area contributed by atoms with Crippen LogP contribution >= 0.6 is 0 Å². The third-order valence-corrected chi connectivity index (χ3v) is 4.10. The molecule has 2 aromatic rings. The number of hydrogen-bond acceptors (Lipinski definition) is 4. The Labute approximate surface area is 134 Å². The van der Waals surface area contributed by atoms with Gasteiger partial charge in [-0.25, -0.2) is 4.98 Å². The van der Waals surface area contributed by atoms with Gasteiger partial charge in [0.15, 0.2) is 11.5 Å². The van der Waals surface area contributed by atoms with Crippen LogP contribution in [0.1, 0.15) is 32.6 Å². The number of amides is 2. The molecule has 1 aliphatic heterocycles. The van der Waals surface area contributed by atoms with Gasteiger partial charge in [-0.15, -0.1) is 0 Å². The topological polar surface area (TPSA) is 75.4 Å². The number of benzene rings is 1. The first-order valence-corrected chi connectivity index (χ1v) is 7.94. The molecular weight excluding hydrogens is 294 g/mol. The predicted octanol–water partition coefficient (Wildman–Crippen LogP) is 2.72. The maximum Gasteiger partial charge on any atom is 0.247 e. The third kappa shape index (κ3) is 3.06. The van der Waals surface area contributed by atoms with Crippen molar-refractivity contribution in [1.82, 2.24) is 9.88 Å². The number of likely N-dealkylation sites (tertiary alicyclic amines) is 1. The van der Waals surface area contributed by atoms with E-state index in [0.717, 1.165) is 11.9 Å². The van der Waals surface area contributed by atoms with Crippen molar-refractivity contribution in [3.63, 3.8) is 0 Å². The first-order chi connectivity index (χ1) is 11.0. The molecule has 1 unspecified atom stereocenters. The zero-order chi connectivity index (χ0) is 16.6. The van der Waals surface area contributed by atoms with Gasteiger partial charge in [0.2, 0.25) is 11.8 Å². The maximum atomic E-state index is 12.5. The molecule has 122 valence electrons. The molecule has 2 heterocycles. The second-order valence-corrected chi connectivity index (χ2v) is 6.25. The summed E-state index contributed by atoms with van der Waals surface area (Å²) in [6.07, 6.45) is 1.56. The van der Waals surface area contributed by atoms with Crippen LogP contribution < -0.4 is 5.32 Å². The van der Waals surface area contributed by atoms with Crippen molar-refractivity contribution in [2.24, 2.45) is 5.92 Å². The molecular formula is C17H21N3O3. The Hall–Kier alpha value is -2.37. The zero-order valence-corrected chi connectivity index (χ0v) is 13.6. The molecule has 1 fully saturated rings. The SMILES string of the molecule is Cc1nc2ccc(NC(=O)C3CCCN3C(=O)C(C)C)cc2o1. The number of anilines is 1. The van der Waals surface area contributed by atoms with Gasteiger partial charge in [0.25, 0.3) is 0 Å². The van der Waals surface area contributed by atoms with Crippen LogP contribution in [-0.2, 0) is 9.59 Å². The number of oxazole rings is 1. The van der Waals surface area contributed by atoms with Gasteiger partial charge in [-0.1, -0.05) is 13.8 Å². The molecule has 1 aromatic carbocycles. The smallest absolute Gasteiger partial charge is 0.247 e. The second-order valence-electron chi connectivity index (χ2n) is 6.25. The van der Waals surface area contributed by atoms with Crippen LogP contribution in [0.5, 0.6) is 0 Å². The molecule has 1 saturated heterocycles. The summed E-state index contributed by atoms with van der Waals surface area (Å²) < 4.78 is 5.48. The van der Waals surface area contributed by atoms with Crippen molar-refractivity contribution >= 4 is 28.6 Å². The Morgan fingerprint density at radius 3 is 2.91 bits per heavy atom. The molecule has 1 aliphatic rings. The van der Waals surface area contributed by atoms with Crippen LogP contribution in [-0.4, -0.2) is 34.3 Å². The summed E-state index contributed by atoms with van der Waals surface area (Å²) in [5.74, 6) is 0.376. The van der Waals surface area contributed by atoms with Crippen LogP contribution in [0.25, 0.3) is 11.1 Å². The van der Waals surface area contributed by atoms with Gasteiger partial charge in [0, 0.05) is 31.1 Å². The summed E-state index contributed by atoms with van der Waals surface area (Å²) in [6, 6.07) is 4.98. The zero-order valence-electron chi connectivity index (χ0n) is 13.6. The van der Waals surface area contributed by atoms with E-state index in [0.29, 0.717) is 30.1 Å². The van der Waals surface area contributed by atoms with Gasteiger partial charge >= 0.3 is 0 Å². The minimum Gasteiger partial charge on any atom is -0.441 e. The number of carbonyl (C=O) groups is 2. The fraction of sp³-hybridized carbons (Fsp3) is 0.471. The number of nitrogens with zero attached hydrogens (tertiary/aromatic N) is 2. The standard InChI is InChI=1S/C17H21N3O3/c1-10(2)17(22)20-8-4-5-14(20)16(21)19-12-6-7-13-15(9-12)23-11(3)18-13/h6-7,9-10,14H,4-5,8H2,1-3H3,(H,19,21). The van der Waals surface area contributed by atoms with E-state index in [-0.39, 0.29) is 17.7 Å². The Morgan fingerprint density at radius 2 is 2.17 bits per heavy atom. The summed E-state index contributed by atoms with van der Waals surface area (Å²) in [7, 11) is 0. The first kappa shape index (κ1) is 15.5. The highest BCUT2D eigenvalue weighted by atomic mass is 16.3. The molecule has 0 aliphatic carbocycles. The molecule has 0 bridgehead atoms. The lowest BCUT2D eigenvalue weighted by molar-refractivity contribution is -0.139. The van der Waals surface area contributed by atoms with Crippen molar-refractivity contribution in [1.29, 1.82) is 0 Å². The van der Waals surface area contributed by atoms with Crippen LogP contribution in [0.2, 0.25) is 0 Å². The van der Waals surface area contributed by atoms with E-state index in [4.69, 9.17) is 4.42 Å². The van der Waals surface area contributed by atoms with Crippen molar-refractivity contribution in [3.05, 3.63) is 24.1 Å². The Kier molecular flexibility index (Phi) is 4.07. The van der Waals surface area contributed by atoms with Crippen molar-refractivity contribution in [2.75, 3.05) is 11.9 Å². The molecule has 1 aromatic heterocycles. The van der Waals surface area contributed by atoms with E-state index >= 15 is 0 Å². The molecule has 2 amide bonds. The van der Waals surface area contributed by atoms with E-state index in [1.807, 2.05) is 19.9 Å². The van der Waals surface area contributed by atoms with Crippen LogP contribution in [0.4, 0.5) is 5.69 Å². The number of hydrogen-bond donors (Lipinski definition) is 1. The van der Waals surface area contributed by atoms with Crippen LogP contribution in [0, 0.1) is 12.8 Å². The fourth-order valence-corrected chi connectivity index (χ4v) is 2.98. The van der Waals surface area contributed by atoms with E-state index in [1.165, 1.54) is 0 Å². The predicted molar refractivity (Wildman–Crippen MR) is 86.9 cm³/mol. The highest BCUT2D eigenvalue weighted by molar-refractivity contribution is 5.98. The number of fused-ring (bicyclic) bond motifs is 1. The molecule has 6 nitrogen and oxygen atoms in total. The normalized spacial score (nSPS) is 17.9. The molecule has 6 heteroatoms. The lowest BCUT2D eigenvalue weighted by atomic mass is 10.1. The average molecular weight is 315 g/mol. The summed E-state index contributed by atoms with van der Waals surface area (Å²) >= 11 is 0. The van der Waals surface area contributed by atoms with E-state index in [1.54, 1.807) is 24.0 Å². The van der Waals surface area contributed by atoms with Gasteiger partial charge in [-0.3, -0.25) is 9.59 Å². The van der Waals surface area contributed by atoms with Gasteiger partial charge in [-0.05, 0) is 25.0 Å². The highest BCUT2D eigenvalue weighted by Gasteiger charge is 2.34. The van der Waals surface area contributed by atoms with E-state index in [2.05, 4.69) is 10.3 Å². The van der Waals surface area contributed by atoms with Crippen molar-refractivity contribution in [2.45, 2.75) is 39.7 Å². The lowest BCUT2D eigenvalue weighted by Crippen LogP contribution is -2.44. The van der Waals surface area contributed by atoms with Gasteiger partial charge in [0.05, 0.1) is 0 Å². The van der Waals surface area contributed by atoms with Gasteiger partial charge < -0.3 is 14.6 Å². The summed E-state index contributed by atoms with van der Waals surface area (Å²) in [5, 5.41) is 2.89. The Balaban J connectivity index is 1.75. The van der Waals surface area contributed by atoms with Gasteiger partial charge in [-0.2, -0.15) is 0 Å². The minimum atomic E-state index is -0.392. The number of aromatic nitrogens is 1. The summed E-state index contributed by atoms with van der Waals surface area (Å²) in [5.41, 5.74) is 2.06. The molecule has 1 atom stereocenters. The fourth-order valence-electron chi connectivity index (χ4n) is 2.98. The van der Waals surface area contributed by atoms with Crippen LogP contribution in [0.3, 0.4) is 0 Å². The highest BCUT2D eigenvalue weighted by Crippen LogP contribution is 2.23. The van der Waals surface area contributed by atoms with Crippen molar-refractivity contribution in [3.8, 4) is 0 Å². The number of rotatable bonds is 3. The molecule has 23 heavy (non-hydrogen) atoms. The molecule has 0 radical (unpaired) electrons. The Morgan fingerprint density at radius 1 is 1.39 bits per heavy atom. The summed E-state index contributed by atoms with van der Waals surface area (Å²) in [6.45, 7) is 6.15. The number of aryl methyl sites for hydroxylation is 1. The number of nitrogens with one attached hydrogen (secondary N) is 1. The summed E-state index contributed by atoms with van der Waals surface area (Å²) in [4.78, 5) is 30.7. The second kappa shape index (κ2) is 6.02. The molecule has 0 spiro atoms. The maximum absolute atomic E-state index is 12.5. The molecule has 3 rings (SSSR count). The number of carbonyl (C=O) groups excluding carboxylic acids is 2. The molecule has 0 saturated carbocycles. The Bertz CT molecular complexity index is 751. The first-order valence-electron chi connectivity index (χ1n) is 7.94. The average Bonchev–Trinajstić information content (AvgIpc) is 3.11. The van der Waals surface area contributed by atoms with Crippen LogP contribution in [0.15, 0.2) is 22.6 Å². The minimum absolute atomic E-state index is 0.0314. The largest absolute Gasteiger partial charge is 0.441 e. The quantitative estimate of drug-likeness (QED) is 0.945. The third-order valence-electron chi connectivity index (χ3n) is 4.10. The molecule has 1 N–H and O–H groups in total. The lowest BCUT2D eigenvalue weighted by Gasteiger charge is -2.25.